The maximum atomic E-state index is 13.7. The minimum atomic E-state index is -4.46. The van der Waals surface area contributed by atoms with Crippen molar-refractivity contribution in [3.8, 4) is 11.8 Å². The summed E-state index contributed by atoms with van der Waals surface area (Å²) in [7, 11) is 2.08. The van der Waals surface area contributed by atoms with Crippen LogP contribution in [0.3, 0.4) is 0 Å². The molecule has 0 radical (unpaired) electrons. The lowest BCUT2D eigenvalue weighted by atomic mass is 9.89. The first-order valence-corrected chi connectivity index (χ1v) is 17.2. The lowest BCUT2D eigenvalue weighted by Gasteiger charge is -2.38. The molecule has 12 nitrogen and oxygen atoms in total. The number of carbonyl (C=O) groups excluding carboxylic acids is 2. The Balaban J connectivity index is 1.34. The molecule has 1 aromatic carbocycles. The van der Waals surface area contributed by atoms with Gasteiger partial charge in [0.15, 0.2) is 0 Å². The maximum absolute atomic E-state index is 13.7. The first kappa shape index (κ1) is 39.5. The molecule has 1 aliphatic heterocycles. The number of amides is 1. The van der Waals surface area contributed by atoms with Gasteiger partial charge in [-0.3, -0.25) is 0 Å². The molecule has 2 aromatic heterocycles. The van der Waals surface area contributed by atoms with E-state index >= 15 is 0 Å². The Kier molecular flexibility index (Phi) is 14.2. The molecule has 2 atom stereocenters. The van der Waals surface area contributed by atoms with Crippen LogP contribution in [0.4, 0.5) is 23.7 Å². The van der Waals surface area contributed by atoms with Gasteiger partial charge in [0, 0.05) is 36.8 Å². The summed E-state index contributed by atoms with van der Waals surface area (Å²) in [6.07, 6.45) is -0.434. The smallest absolute Gasteiger partial charge is 0.408 e. The molecule has 0 spiro atoms. The van der Waals surface area contributed by atoms with E-state index in [9.17, 15) is 22.8 Å². The third-order valence-electron chi connectivity index (χ3n) is 8.18. The fourth-order valence-corrected chi connectivity index (χ4v) is 5.92. The van der Waals surface area contributed by atoms with Gasteiger partial charge >= 0.3 is 18.2 Å². The number of likely N-dealkylation sites (tertiary alicyclic amines) is 1. The monoisotopic (exact) mass is 718 g/mol. The molecule has 15 heteroatoms. The SMILES string of the molecule is CCOC(=O)c1cncn1CCOCCOCCC1CN(C)CCC1Nc1cccc2c1cc(C#CCNC(=O)OC(C)(C)C)n2CC(F)(F)F. The Bertz CT molecular complexity index is 1650. The molecular weight excluding hydrogens is 669 g/mol. The highest BCUT2D eigenvalue weighted by Crippen LogP contribution is 2.32. The maximum Gasteiger partial charge on any atom is 0.408 e. The van der Waals surface area contributed by atoms with Gasteiger partial charge in [-0.2, -0.15) is 13.2 Å². The van der Waals surface area contributed by atoms with Gasteiger partial charge in [0.2, 0.25) is 0 Å². The Hall–Kier alpha value is -4.26. The van der Waals surface area contributed by atoms with Crippen molar-refractivity contribution < 1.29 is 41.7 Å². The number of halogens is 3. The van der Waals surface area contributed by atoms with Gasteiger partial charge in [-0.25, -0.2) is 14.6 Å². The highest BCUT2D eigenvalue weighted by molar-refractivity contribution is 5.94. The average Bonchev–Trinajstić information content (AvgIpc) is 3.65. The summed E-state index contributed by atoms with van der Waals surface area (Å²) in [5.41, 5.74) is 1.05. The molecule has 1 fully saturated rings. The average molecular weight is 719 g/mol. The summed E-state index contributed by atoms with van der Waals surface area (Å²) in [5, 5.41) is 6.80. The number of ether oxygens (including phenoxy) is 4. The summed E-state index contributed by atoms with van der Waals surface area (Å²) in [6, 6.07) is 7.03. The summed E-state index contributed by atoms with van der Waals surface area (Å²) >= 11 is 0. The molecular formula is C36H49F3N6O6. The van der Waals surface area contributed by atoms with Crippen molar-refractivity contribution in [2.75, 3.05) is 65.0 Å². The van der Waals surface area contributed by atoms with Crippen molar-refractivity contribution >= 4 is 28.7 Å². The van der Waals surface area contributed by atoms with Crippen LogP contribution in [0, 0.1) is 17.8 Å². The normalized spacial score (nSPS) is 16.8. The van der Waals surface area contributed by atoms with Gasteiger partial charge in [-0.05, 0) is 84.2 Å². The molecule has 2 N–H and O–H groups in total. The van der Waals surface area contributed by atoms with E-state index in [1.54, 1.807) is 56.8 Å². The van der Waals surface area contributed by atoms with Crippen LogP contribution in [0.25, 0.3) is 10.9 Å². The molecule has 1 aliphatic rings. The van der Waals surface area contributed by atoms with Crippen molar-refractivity contribution in [3.63, 3.8) is 0 Å². The summed E-state index contributed by atoms with van der Waals surface area (Å²) in [4.78, 5) is 30.3. The van der Waals surface area contributed by atoms with E-state index in [1.165, 1.54) is 6.20 Å². The number of fused-ring (bicyclic) bond motifs is 1. The summed E-state index contributed by atoms with van der Waals surface area (Å²) < 4.78 is 65.8. The molecule has 0 aliphatic carbocycles. The zero-order valence-corrected chi connectivity index (χ0v) is 30.0. The summed E-state index contributed by atoms with van der Waals surface area (Å²) in [5.74, 6) is 5.39. The number of benzene rings is 1. The predicted octanol–water partition coefficient (Wildman–Crippen LogP) is 5.31. The van der Waals surface area contributed by atoms with Gasteiger partial charge in [-0.1, -0.05) is 12.0 Å². The van der Waals surface area contributed by atoms with Crippen LogP contribution in [0.2, 0.25) is 0 Å². The quantitative estimate of drug-likeness (QED) is 0.122. The Labute approximate surface area is 296 Å². The van der Waals surface area contributed by atoms with E-state index in [1.807, 2.05) is 6.07 Å². The van der Waals surface area contributed by atoms with Crippen LogP contribution in [-0.2, 0) is 32.0 Å². The van der Waals surface area contributed by atoms with E-state index in [0.29, 0.717) is 49.6 Å². The van der Waals surface area contributed by atoms with Crippen LogP contribution in [0.1, 0.15) is 56.7 Å². The standard InChI is InChI=1S/C36H49F3N6O6/c1-6-50-33(46)32-22-40-25-44(32)16-18-49-20-19-48-17-13-26-23-43(5)15-12-29(26)42-30-10-7-11-31-28(30)21-27(45(31)24-36(37,38)39)9-8-14-41-34(47)51-35(2,3)4/h7,10-11,21-22,25-26,29,42H,6,12-20,23-24H2,1-5H3,(H,41,47). The van der Waals surface area contributed by atoms with Crippen molar-refractivity contribution in [1.82, 2.24) is 24.3 Å². The molecule has 2 unspecified atom stereocenters. The van der Waals surface area contributed by atoms with Crippen molar-refractivity contribution in [2.24, 2.45) is 5.92 Å². The minimum Gasteiger partial charge on any atom is -0.461 e. The van der Waals surface area contributed by atoms with E-state index in [-0.39, 0.29) is 30.8 Å². The van der Waals surface area contributed by atoms with E-state index in [2.05, 4.69) is 39.4 Å². The van der Waals surface area contributed by atoms with Crippen LogP contribution in [-0.4, -0.2) is 109 Å². The fraction of sp³-hybridized carbons (Fsp3) is 0.583. The van der Waals surface area contributed by atoms with E-state index in [4.69, 9.17) is 18.9 Å². The van der Waals surface area contributed by atoms with Gasteiger partial charge in [0.05, 0.1) is 56.7 Å². The number of imidazole rings is 1. The van der Waals surface area contributed by atoms with Crippen molar-refractivity contribution in [2.45, 2.75) is 71.4 Å². The van der Waals surface area contributed by atoms with Crippen LogP contribution in [0.5, 0.6) is 0 Å². The van der Waals surface area contributed by atoms with Crippen LogP contribution >= 0.6 is 0 Å². The third kappa shape index (κ3) is 12.5. The van der Waals surface area contributed by atoms with Gasteiger partial charge in [0.1, 0.15) is 17.8 Å². The van der Waals surface area contributed by atoms with E-state index < -0.39 is 30.4 Å². The lowest BCUT2D eigenvalue weighted by molar-refractivity contribution is -0.140. The predicted molar refractivity (Wildman–Crippen MR) is 187 cm³/mol. The lowest BCUT2D eigenvalue weighted by Crippen LogP contribution is -2.45. The number of hydrogen-bond donors (Lipinski definition) is 2. The number of nitrogens with zero attached hydrogens (tertiary/aromatic N) is 4. The largest absolute Gasteiger partial charge is 0.461 e. The molecule has 3 heterocycles. The fourth-order valence-electron chi connectivity index (χ4n) is 5.92. The molecule has 1 amide bonds. The van der Waals surface area contributed by atoms with Crippen molar-refractivity contribution in [1.29, 1.82) is 0 Å². The second-order valence-corrected chi connectivity index (χ2v) is 13.4. The van der Waals surface area contributed by atoms with Crippen molar-refractivity contribution in [3.05, 3.63) is 48.2 Å². The molecule has 4 rings (SSSR count). The molecule has 0 saturated carbocycles. The Morgan fingerprint density at radius 1 is 1.10 bits per heavy atom. The number of aromatic nitrogens is 3. The second kappa shape index (κ2) is 18.3. The first-order valence-electron chi connectivity index (χ1n) is 17.2. The minimum absolute atomic E-state index is 0.0777. The Morgan fingerprint density at radius 2 is 1.86 bits per heavy atom. The Morgan fingerprint density at radius 3 is 2.59 bits per heavy atom. The van der Waals surface area contributed by atoms with Gasteiger partial charge < -0.3 is 43.6 Å². The molecule has 51 heavy (non-hydrogen) atoms. The van der Waals surface area contributed by atoms with Gasteiger partial charge in [-0.15, -0.1) is 0 Å². The number of esters is 1. The summed E-state index contributed by atoms with van der Waals surface area (Å²) in [6.45, 7) is 9.87. The number of nitrogens with one attached hydrogen (secondary N) is 2. The third-order valence-corrected chi connectivity index (χ3v) is 8.18. The zero-order valence-electron chi connectivity index (χ0n) is 30.0. The number of anilines is 1. The number of piperidine rings is 1. The zero-order chi connectivity index (χ0) is 37.0. The topological polar surface area (TPSA) is 121 Å². The van der Waals surface area contributed by atoms with E-state index in [0.717, 1.165) is 36.2 Å². The number of rotatable bonds is 15. The van der Waals surface area contributed by atoms with Crippen LogP contribution in [0.15, 0.2) is 36.8 Å². The first-order chi connectivity index (χ1) is 24.2. The van der Waals surface area contributed by atoms with Gasteiger partial charge in [0.25, 0.3) is 0 Å². The molecule has 1 saturated heterocycles. The number of alkyl carbamates (subject to hydrolysis) is 1. The second-order valence-electron chi connectivity index (χ2n) is 13.4. The van der Waals surface area contributed by atoms with Crippen LogP contribution < -0.4 is 10.6 Å². The highest BCUT2D eigenvalue weighted by Gasteiger charge is 2.31. The number of carbonyl (C=O) groups is 2. The number of hydrogen-bond acceptors (Lipinski definition) is 9. The number of alkyl halides is 3. The molecule has 3 aromatic rings. The molecule has 280 valence electrons. The molecule has 0 bridgehead atoms. The highest BCUT2D eigenvalue weighted by atomic mass is 19.4.